The Bertz CT molecular complexity index is 979. The molecule has 1 fully saturated rings. The lowest BCUT2D eigenvalue weighted by Gasteiger charge is -2.14. The number of amides is 2. The Morgan fingerprint density at radius 1 is 1.07 bits per heavy atom. The van der Waals surface area contributed by atoms with Gasteiger partial charge in [0.05, 0.1) is 29.2 Å². The summed E-state index contributed by atoms with van der Waals surface area (Å²) in [6.07, 6.45) is 1.70. The van der Waals surface area contributed by atoms with Gasteiger partial charge in [-0.2, -0.15) is 0 Å². The normalized spacial score (nSPS) is 15.2. The molecule has 0 radical (unpaired) electrons. The van der Waals surface area contributed by atoms with Crippen LogP contribution >= 0.6 is 56.9 Å². The number of carbonyl (C=O) groups excluding carboxylic acids is 2. The van der Waals surface area contributed by atoms with Crippen LogP contribution in [0.3, 0.4) is 0 Å². The fraction of sp³-hybridized carbons (Fsp3) is 0.200. The second kappa shape index (κ2) is 10.0. The third-order valence-electron chi connectivity index (χ3n) is 4.04. The molecule has 1 saturated heterocycles. The highest BCUT2D eigenvalue weighted by atomic mass is 127. The molecule has 3 rings (SSSR count). The Morgan fingerprint density at radius 2 is 1.79 bits per heavy atom. The fourth-order valence-electron chi connectivity index (χ4n) is 2.72. The first-order valence-electron chi connectivity index (χ1n) is 8.48. The number of hydrogen-bond acceptors (Lipinski definition) is 6. The van der Waals surface area contributed by atoms with Crippen LogP contribution in [0.5, 0.6) is 17.2 Å². The SMILES string of the molecule is COc1ccccc1OCCN1C(=O)S/C(=C\c2cc(I)cc(I)c2OC)C1=O. The third-order valence-corrected chi connectivity index (χ3v) is 6.37. The van der Waals surface area contributed by atoms with Crippen molar-refractivity contribution < 1.29 is 23.8 Å². The summed E-state index contributed by atoms with van der Waals surface area (Å²) in [6, 6.07) is 11.1. The highest BCUT2D eigenvalue weighted by Crippen LogP contribution is 2.36. The van der Waals surface area contributed by atoms with E-state index in [4.69, 9.17) is 14.2 Å². The summed E-state index contributed by atoms with van der Waals surface area (Å²) in [5, 5.41) is -0.316. The predicted molar refractivity (Wildman–Crippen MR) is 130 cm³/mol. The van der Waals surface area contributed by atoms with Gasteiger partial charge in [0.2, 0.25) is 0 Å². The van der Waals surface area contributed by atoms with Gasteiger partial charge in [-0.05, 0) is 87.3 Å². The van der Waals surface area contributed by atoms with Crippen LogP contribution in [-0.4, -0.2) is 43.4 Å². The summed E-state index contributed by atoms with van der Waals surface area (Å²) < 4.78 is 18.3. The van der Waals surface area contributed by atoms with Crippen LogP contribution in [0.1, 0.15) is 5.56 Å². The van der Waals surface area contributed by atoms with Crippen molar-refractivity contribution in [1.29, 1.82) is 0 Å². The minimum atomic E-state index is -0.334. The number of hydrogen-bond donors (Lipinski definition) is 0. The second-order valence-corrected chi connectivity index (χ2v) is 9.24. The smallest absolute Gasteiger partial charge is 0.293 e. The number of nitrogens with zero attached hydrogens (tertiary/aromatic N) is 1. The van der Waals surface area contributed by atoms with Gasteiger partial charge in [0.15, 0.2) is 11.5 Å². The Morgan fingerprint density at radius 3 is 2.48 bits per heavy atom. The minimum absolute atomic E-state index is 0.154. The van der Waals surface area contributed by atoms with Crippen molar-refractivity contribution in [3.8, 4) is 17.2 Å². The molecular formula is C20H17I2NO5S. The molecule has 9 heteroatoms. The molecule has 0 bridgehead atoms. The maximum Gasteiger partial charge on any atom is 0.293 e. The lowest BCUT2D eigenvalue weighted by molar-refractivity contribution is -0.123. The lowest BCUT2D eigenvalue weighted by atomic mass is 10.2. The van der Waals surface area contributed by atoms with E-state index in [1.54, 1.807) is 32.4 Å². The predicted octanol–water partition coefficient (Wildman–Crippen LogP) is 5.03. The molecule has 29 heavy (non-hydrogen) atoms. The van der Waals surface area contributed by atoms with Crippen LogP contribution in [0.15, 0.2) is 41.3 Å². The molecular weight excluding hydrogens is 620 g/mol. The standard InChI is InChI=1S/C20H17I2NO5S/c1-26-15-5-3-4-6-16(15)28-8-7-23-19(24)17(29-20(23)25)10-12-9-13(21)11-14(22)18(12)27-2/h3-6,9-11H,7-8H2,1-2H3/b17-10-. The molecule has 0 N–H and O–H groups in total. The van der Waals surface area contributed by atoms with Gasteiger partial charge in [-0.15, -0.1) is 0 Å². The maximum atomic E-state index is 12.7. The Labute approximate surface area is 200 Å². The van der Waals surface area contributed by atoms with Crippen LogP contribution in [0, 0.1) is 7.14 Å². The average Bonchev–Trinajstić information content (AvgIpc) is 2.95. The van der Waals surface area contributed by atoms with Gasteiger partial charge >= 0.3 is 0 Å². The number of methoxy groups -OCH3 is 2. The van der Waals surface area contributed by atoms with E-state index in [0.29, 0.717) is 22.2 Å². The molecule has 0 spiro atoms. The van der Waals surface area contributed by atoms with E-state index in [1.807, 2.05) is 24.3 Å². The summed E-state index contributed by atoms with van der Waals surface area (Å²) in [7, 11) is 3.15. The number of benzene rings is 2. The van der Waals surface area contributed by atoms with Gasteiger partial charge in [-0.1, -0.05) is 12.1 Å². The fourth-order valence-corrected chi connectivity index (χ4v) is 5.69. The second-order valence-electron chi connectivity index (χ2n) is 5.84. The molecule has 0 atom stereocenters. The molecule has 0 unspecified atom stereocenters. The molecule has 1 aliphatic heterocycles. The molecule has 0 aromatic heterocycles. The van der Waals surface area contributed by atoms with Crippen LogP contribution in [0.25, 0.3) is 6.08 Å². The monoisotopic (exact) mass is 637 g/mol. The maximum absolute atomic E-state index is 12.7. The summed E-state index contributed by atoms with van der Waals surface area (Å²) >= 11 is 5.31. The van der Waals surface area contributed by atoms with E-state index >= 15 is 0 Å². The Kier molecular flexibility index (Phi) is 7.68. The molecule has 6 nitrogen and oxygen atoms in total. The largest absolute Gasteiger partial charge is 0.495 e. The van der Waals surface area contributed by atoms with Crippen molar-refractivity contribution >= 4 is 74.2 Å². The zero-order valence-corrected chi connectivity index (χ0v) is 20.7. The summed E-state index contributed by atoms with van der Waals surface area (Å²) in [4.78, 5) is 26.7. The molecule has 2 amide bonds. The molecule has 2 aromatic carbocycles. The van der Waals surface area contributed by atoms with Crippen LogP contribution in [0.2, 0.25) is 0 Å². The average molecular weight is 637 g/mol. The minimum Gasteiger partial charge on any atom is -0.495 e. The molecule has 0 saturated carbocycles. The van der Waals surface area contributed by atoms with Crippen LogP contribution in [0.4, 0.5) is 4.79 Å². The first kappa shape index (κ1) is 22.2. The Hall–Kier alpha value is -1.47. The van der Waals surface area contributed by atoms with Gasteiger partial charge in [-0.3, -0.25) is 14.5 Å². The zero-order valence-electron chi connectivity index (χ0n) is 15.6. The van der Waals surface area contributed by atoms with E-state index < -0.39 is 0 Å². The van der Waals surface area contributed by atoms with Crippen LogP contribution in [-0.2, 0) is 4.79 Å². The number of imide groups is 1. The van der Waals surface area contributed by atoms with E-state index in [1.165, 1.54) is 4.90 Å². The Balaban J connectivity index is 1.72. The molecule has 0 aliphatic carbocycles. The first-order chi connectivity index (χ1) is 13.9. The van der Waals surface area contributed by atoms with Gasteiger partial charge in [0.25, 0.3) is 11.1 Å². The van der Waals surface area contributed by atoms with Crippen molar-refractivity contribution in [3.63, 3.8) is 0 Å². The molecule has 1 aliphatic rings. The number of para-hydroxylation sites is 2. The van der Waals surface area contributed by atoms with Gasteiger partial charge < -0.3 is 14.2 Å². The summed E-state index contributed by atoms with van der Waals surface area (Å²) in [5.74, 6) is 1.51. The van der Waals surface area contributed by atoms with Crippen molar-refractivity contribution in [2.75, 3.05) is 27.4 Å². The molecule has 1 heterocycles. The third kappa shape index (κ3) is 5.18. The number of ether oxygens (including phenoxy) is 3. The van der Waals surface area contributed by atoms with Crippen molar-refractivity contribution in [1.82, 2.24) is 4.90 Å². The van der Waals surface area contributed by atoms with Crippen molar-refractivity contribution in [2.45, 2.75) is 0 Å². The quantitative estimate of drug-likeness (QED) is 0.314. The summed E-state index contributed by atoms with van der Waals surface area (Å²) in [5.41, 5.74) is 0.763. The van der Waals surface area contributed by atoms with Crippen molar-refractivity contribution in [2.24, 2.45) is 0 Å². The number of thioether (sulfide) groups is 1. The van der Waals surface area contributed by atoms with Crippen LogP contribution < -0.4 is 14.2 Å². The molecule has 2 aromatic rings. The lowest BCUT2D eigenvalue weighted by Crippen LogP contribution is -2.32. The van der Waals surface area contributed by atoms with E-state index in [0.717, 1.165) is 24.5 Å². The van der Waals surface area contributed by atoms with E-state index in [9.17, 15) is 9.59 Å². The van der Waals surface area contributed by atoms with E-state index in [-0.39, 0.29) is 24.3 Å². The van der Waals surface area contributed by atoms with E-state index in [2.05, 4.69) is 45.2 Å². The number of rotatable bonds is 7. The van der Waals surface area contributed by atoms with Gasteiger partial charge in [0, 0.05) is 9.13 Å². The zero-order chi connectivity index (χ0) is 21.0. The molecule has 152 valence electrons. The summed E-state index contributed by atoms with van der Waals surface area (Å²) in [6.45, 7) is 0.331. The highest BCUT2D eigenvalue weighted by Gasteiger charge is 2.35. The van der Waals surface area contributed by atoms with Crippen molar-refractivity contribution in [3.05, 3.63) is 54.0 Å². The number of carbonyl (C=O) groups is 2. The van der Waals surface area contributed by atoms with Gasteiger partial charge in [0.1, 0.15) is 12.4 Å². The highest BCUT2D eigenvalue weighted by molar-refractivity contribution is 14.1. The topological polar surface area (TPSA) is 65.1 Å². The first-order valence-corrected chi connectivity index (χ1v) is 11.5. The van der Waals surface area contributed by atoms with Gasteiger partial charge in [-0.25, -0.2) is 0 Å². The number of halogens is 2.